The SMILES string of the molecule is O=[N+]([O-])/C=C1\CCCON1Cc1ccc(Cl)nc1. The second-order valence-corrected chi connectivity index (χ2v) is 4.26. The average Bonchev–Trinajstić information content (AvgIpc) is 2.34. The van der Waals surface area contributed by atoms with Crippen molar-refractivity contribution in [3.8, 4) is 0 Å². The van der Waals surface area contributed by atoms with E-state index in [0.29, 0.717) is 30.4 Å². The summed E-state index contributed by atoms with van der Waals surface area (Å²) in [7, 11) is 0. The van der Waals surface area contributed by atoms with E-state index >= 15 is 0 Å². The van der Waals surface area contributed by atoms with Gasteiger partial charge in [0, 0.05) is 6.20 Å². The van der Waals surface area contributed by atoms with Crippen molar-refractivity contribution in [1.29, 1.82) is 0 Å². The van der Waals surface area contributed by atoms with E-state index in [1.165, 1.54) is 5.06 Å². The van der Waals surface area contributed by atoms with Crippen LogP contribution in [0.4, 0.5) is 0 Å². The van der Waals surface area contributed by atoms with Crippen molar-refractivity contribution in [2.45, 2.75) is 19.4 Å². The largest absolute Gasteiger partial charge is 0.273 e. The van der Waals surface area contributed by atoms with Gasteiger partial charge in [-0.1, -0.05) is 17.7 Å². The molecular formula is C11H12ClN3O3. The first-order valence-corrected chi connectivity index (χ1v) is 5.88. The molecular weight excluding hydrogens is 258 g/mol. The standard InChI is InChI=1S/C11H12ClN3O3/c12-11-4-3-9(6-13-11)7-14-10(8-15(16)17)2-1-5-18-14/h3-4,6,8H,1-2,5,7H2/b10-8+. The molecule has 6 nitrogen and oxygen atoms in total. The van der Waals surface area contributed by atoms with Gasteiger partial charge in [0.2, 0.25) is 0 Å². The van der Waals surface area contributed by atoms with Gasteiger partial charge in [0.15, 0.2) is 0 Å². The van der Waals surface area contributed by atoms with Crippen LogP contribution in [0.1, 0.15) is 18.4 Å². The number of hydroxylamine groups is 2. The normalized spacial score (nSPS) is 18.1. The van der Waals surface area contributed by atoms with Crippen molar-refractivity contribution in [3.05, 3.63) is 51.1 Å². The van der Waals surface area contributed by atoms with Gasteiger partial charge in [0.05, 0.1) is 18.1 Å². The fraction of sp³-hybridized carbons (Fsp3) is 0.364. The molecule has 2 rings (SSSR count). The lowest BCUT2D eigenvalue weighted by atomic mass is 10.2. The molecule has 0 atom stereocenters. The van der Waals surface area contributed by atoms with Crippen molar-refractivity contribution >= 4 is 11.6 Å². The highest BCUT2D eigenvalue weighted by atomic mass is 35.5. The molecule has 1 aromatic rings. The van der Waals surface area contributed by atoms with Crippen molar-refractivity contribution < 1.29 is 9.76 Å². The van der Waals surface area contributed by atoms with Crippen LogP contribution in [0, 0.1) is 10.1 Å². The lowest BCUT2D eigenvalue weighted by Gasteiger charge is -2.28. The van der Waals surface area contributed by atoms with E-state index in [0.717, 1.165) is 18.2 Å². The quantitative estimate of drug-likeness (QED) is 0.479. The Bertz CT molecular complexity index is 461. The third kappa shape index (κ3) is 3.41. The molecule has 0 saturated carbocycles. The number of allylic oxidation sites excluding steroid dienone is 1. The summed E-state index contributed by atoms with van der Waals surface area (Å²) in [5.74, 6) is 0. The molecule has 0 bridgehead atoms. The first kappa shape index (κ1) is 12.8. The highest BCUT2D eigenvalue weighted by molar-refractivity contribution is 6.29. The molecule has 1 aromatic heterocycles. The number of nitrogens with zero attached hydrogens (tertiary/aromatic N) is 3. The van der Waals surface area contributed by atoms with Crippen LogP contribution in [0.2, 0.25) is 5.15 Å². The van der Waals surface area contributed by atoms with Gasteiger partial charge in [-0.3, -0.25) is 15.0 Å². The summed E-state index contributed by atoms with van der Waals surface area (Å²) >= 11 is 5.70. The summed E-state index contributed by atoms with van der Waals surface area (Å²) in [5.41, 5.74) is 1.46. The lowest BCUT2D eigenvalue weighted by molar-refractivity contribution is -0.406. The topological polar surface area (TPSA) is 68.5 Å². The Kier molecular flexibility index (Phi) is 4.11. The Morgan fingerprint density at radius 3 is 3.11 bits per heavy atom. The van der Waals surface area contributed by atoms with Crippen molar-refractivity contribution in [2.24, 2.45) is 0 Å². The van der Waals surface area contributed by atoms with Crippen molar-refractivity contribution in [2.75, 3.05) is 6.61 Å². The van der Waals surface area contributed by atoms with Gasteiger partial charge in [-0.2, -0.15) is 0 Å². The Labute approximate surface area is 109 Å². The van der Waals surface area contributed by atoms with E-state index in [9.17, 15) is 10.1 Å². The van der Waals surface area contributed by atoms with Crippen LogP contribution in [-0.2, 0) is 11.4 Å². The van der Waals surface area contributed by atoms with Crippen LogP contribution in [0.3, 0.4) is 0 Å². The molecule has 1 aliphatic heterocycles. The van der Waals surface area contributed by atoms with Gasteiger partial charge >= 0.3 is 0 Å². The molecule has 0 radical (unpaired) electrons. The van der Waals surface area contributed by atoms with Gasteiger partial charge in [-0.15, -0.1) is 0 Å². The molecule has 1 aliphatic rings. The minimum atomic E-state index is -0.461. The van der Waals surface area contributed by atoms with E-state index in [4.69, 9.17) is 16.4 Å². The maximum Gasteiger partial charge on any atom is 0.255 e. The summed E-state index contributed by atoms with van der Waals surface area (Å²) in [6.45, 7) is 0.986. The minimum Gasteiger partial charge on any atom is -0.273 e. The van der Waals surface area contributed by atoms with Crippen LogP contribution >= 0.6 is 11.6 Å². The van der Waals surface area contributed by atoms with E-state index in [1.807, 2.05) is 6.07 Å². The summed E-state index contributed by atoms with van der Waals surface area (Å²) in [6.07, 6.45) is 4.05. The smallest absolute Gasteiger partial charge is 0.255 e. The molecule has 96 valence electrons. The first-order valence-electron chi connectivity index (χ1n) is 5.50. The number of rotatable bonds is 3. The second-order valence-electron chi connectivity index (χ2n) is 3.87. The summed E-state index contributed by atoms with van der Waals surface area (Å²) in [5, 5.41) is 12.5. The predicted octanol–water partition coefficient (Wildman–Crippen LogP) is 2.38. The molecule has 2 heterocycles. The molecule has 7 heteroatoms. The average molecular weight is 270 g/mol. The summed E-state index contributed by atoms with van der Waals surface area (Å²) in [6, 6.07) is 3.49. The fourth-order valence-electron chi connectivity index (χ4n) is 1.70. The zero-order chi connectivity index (χ0) is 13.0. The third-order valence-electron chi connectivity index (χ3n) is 2.51. The van der Waals surface area contributed by atoms with Gasteiger partial charge in [-0.25, -0.2) is 10.0 Å². The molecule has 0 spiro atoms. The summed E-state index contributed by atoms with van der Waals surface area (Å²) in [4.78, 5) is 19.5. The molecule has 0 amide bonds. The molecule has 0 unspecified atom stereocenters. The number of hydrogen-bond acceptors (Lipinski definition) is 5. The van der Waals surface area contributed by atoms with Crippen LogP contribution in [-0.4, -0.2) is 21.6 Å². The van der Waals surface area contributed by atoms with Crippen molar-refractivity contribution in [1.82, 2.24) is 10.0 Å². The van der Waals surface area contributed by atoms with E-state index in [-0.39, 0.29) is 0 Å². The molecule has 18 heavy (non-hydrogen) atoms. The highest BCUT2D eigenvalue weighted by Gasteiger charge is 2.19. The maximum absolute atomic E-state index is 10.5. The molecule has 0 aliphatic carbocycles. The Morgan fingerprint density at radius 2 is 2.44 bits per heavy atom. The Balaban J connectivity index is 2.10. The van der Waals surface area contributed by atoms with E-state index in [2.05, 4.69) is 4.98 Å². The van der Waals surface area contributed by atoms with Crippen molar-refractivity contribution in [3.63, 3.8) is 0 Å². The van der Waals surface area contributed by atoms with Gasteiger partial charge in [0.1, 0.15) is 10.9 Å². The zero-order valence-electron chi connectivity index (χ0n) is 9.58. The van der Waals surface area contributed by atoms with Gasteiger partial charge in [0.25, 0.3) is 6.20 Å². The predicted molar refractivity (Wildman–Crippen MR) is 65.1 cm³/mol. The summed E-state index contributed by atoms with van der Waals surface area (Å²) < 4.78 is 0. The van der Waals surface area contributed by atoms with Crippen LogP contribution in [0.25, 0.3) is 0 Å². The fourth-order valence-corrected chi connectivity index (χ4v) is 1.81. The van der Waals surface area contributed by atoms with Crippen LogP contribution in [0.5, 0.6) is 0 Å². The number of aromatic nitrogens is 1. The molecule has 1 saturated heterocycles. The Hall–Kier alpha value is -1.66. The van der Waals surface area contributed by atoms with Crippen LogP contribution in [0.15, 0.2) is 30.2 Å². The monoisotopic (exact) mass is 269 g/mol. The zero-order valence-corrected chi connectivity index (χ0v) is 10.3. The Morgan fingerprint density at radius 1 is 1.61 bits per heavy atom. The second kappa shape index (κ2) is 5.79. The molecule has 0 N–H and O–H groups in total. The number of pyridine rings is 1. The van der Waals surface area contributed by atoms with E-state index in [1.54, 1.807) is 12.3 Å². The first-order chi connectivity index (χ1) is 8.65. The van der Waals surface area contributed by atoms with Gasteiger partial charge < -0.3 is 0 Å². The molecule has 0 aromatic carbocycles. The highest BCUT2D eigenvalue weighted by Crippen LogP contribution is 2.21. The number of hydrogen-bond donors (Lipinski definition) is 0. The minimum absolute atomic E-state index is 0.416. The third-order valence-corrected chi connectivity index (χ3v) is 2.74. The molecule has 1 fully saturated rings. The maximum atomic E-state index is 10.5. The number of halogens is 1. The lowest BCUT2D eigenvalue weighted by Crippen LogP contribution is -2.28. The van der Waals surface area contributed by atoms with Crippen LogP contribution < -0.4 is 0 Å². The number of nitro groups is 1. The van der Waals surface area contributed by atoms with E-state index < -0.39 is 4.92 Å². The van der Waals surface area contributed by atoms with Gasteiger partial charge in [-0.05, 0) is 24.5 Å².